The minimum atomic E-state index is -0.147. The molecule has 1 fully saturated rings. The summed E-state index contributed by atoms with van der Waals surface area (Å²) >= 11 is 1.60. The molecule has 1 atom stereocenters. The Morgan fingerprint density at radius 3 is 2.52 bits per heavy atom. The maximum absolute atomic E-state index is 13.6. The van der Waals surface area contributed by atoms with Gasteiger partial charge in [0.1, 0.15) is 5.00 Å². The van der Waals surface area contributed by atoms with Crippen molar-refractivity contribution in [2.24, 2.45) is 5.92 Å². The molecule has 0 saturated heterocycles. The second-order valence-electron chi connectivity index (χ2n) is 8.58. The highest BCUT2D eigenvalue weighted by molar-refractivity contribution is 7.17. The van der Waals surface area contributed by atoms with Crippen LogP contribution < -0.4 is 5.32 Å². The Bertz CT molecular complexity index is 884. The molecular weight excluding hydrogens is 380 g/mol. The monoisotopic (exact) mass is 410 g/mol. The number of nitrogens with one attached hydrogen (secondary N) is 1. The lowest BCUT2D eigenvalue weighted by Gasteiger charge is -2.32. The van der Waals surface area contributed by atoms with Gasteiger partial charge in [-0.1, -0.05) is 44.4 Å². The predicted molar refractivity (Wildman–Crippen MR) is 119 cm³/mol. The molecule has 1 aromatic heterocycles. The molecule has 5 heteroatoms. The number of fused-ring (bicyclic) bond motifs is 1. The van der Waals surface area contributed by atoms with Gasteiger partial charge in [0.05, 0.1) is 5.56 Å². The number of rotatable bonds is 4. The van der Waals surface area contributed by atoms with E-state index in [1.807, 2.05) is 30.1 Å². The molecule has 4 nitrogen and oxygen atoms in total. The molecule has 0 aliphatic heterocycles. The zero-order valence-electron chi connectivity index (χ0n) is 17.4. The summed E-state index contributed by atoms with van der Waals surface area (Å²) in [6.45, 7) is 2.26. The van der Waals surface area contributed by atoms with Crippen molar-refractivity contribution in [3.8, 4) is 0 Å². The van der Waals surface area contributed by atoms with Crippen LogP contribution in [-0.2, 0) is 12.8 Å². The number of carbonyl (C=O) groups excluding carboxylic acids is 2. The van der Waals surface area contributed by atoms with Crippen molar-refractivity contribution in [3.63, 3.8) is 0 Å². The predicted octanol–water partition coefficient (Wildman–Crippen LogP) is 5.53. The van der Waals surface area contributed by atoms with Crippen LogP contribution in [0.2, 0.25) is 0 Å². The lowest BCUT2D eigenvalue weighted by atomic mass is 9.87. The van der Waals surface area contributed by atoms with E-state index in [2.05, 4.69) is 12.2 Å². The summed E-state index contributed by atoms with van der Waals surface area (Å²) in [7, 11) is 1.94. The summed E-state index contributed by atoms with van der Waals surface area (Å²) in [6, 6.07) is 9.54. The van der Waals surface area contributed by atoms with E-state index < -0.39 is 0 Å². The van der Waals surface area contributed by atoms with Crippen LogP contribution >= 0.6 is 11.3 Å². The van der Waals surface area contributed by atoms with Gasteiger partial charge in [0, 0.05) is 23.5 Å². The maximum Gasteiger partial charge on any atom is 0.257 e. The molecule has 4 rings (SSSR count). The Kier molecular flexibility index (Phi) is 6.04. The average molecular weight is 411 g/mol. The van der Waals surface area contributed by atoms with Crippen LogP contribution in [0.5, 0.6) is 0 Å². The first-order chi connectivity index (χ1) is 14.0. The van der Waals surface area contributed by atoms with Crippen molar-refractivity contribution < 1.29 is 9.59 Å². The van der Waals surface area contributed by atoms with E-state index in [9.17, 15) is 9.59 Å². The van der Waals surface area contributed by atoms with Gasteiger partial charge in [0.15, 0.2) is 0 Å². The quantitative estimate of drug-likeness (QED) is 0.720. The second kappa shape index (κ2) is 8.70. The van der Waals surface area contributed by atoms with Crippen molar-refractivity contribution in [1.29, 1.82) is 0 Å². The number of hydrogen-bond acceptors (Lipinski definition) is 3. The summed E-state index contributed by atoms with van der Waals surface area (Å²) in [5.41, 5.74) is 2.53. The number of anilines is 1. The molecule has 0 spiro atoms. The second-order valence-corrected chi connectivity index (χ2v) is 9.69. The zero-order valence-corrected chi connectivity index (χ0v) is 18.2. The van der Waals surface area contributed by atoms with Gasteiger partial charge in [-0.2, -0.15) is 0 Å². The van der Waals surface area contributed by atoms with E-state index >= 15 is 0 Å². The fourth-order valence-corrected chi connectivity index (χ4v) is 6.04. The minimum absolute atomic E-state index is 0.0762. The van der Waals surface area contributed by atoms with Gasteiger partial charge in [-0.25, -0.2) is 0 Å². The molecule has 1 N–H and O–H groups in total. The van der Waals surface area contributed by atoms with Crippen LogP contribution in [0.15, 0.2) is 30.3 Å². The normalized spacial score (nSPS) is 19.4. The van der Waals surface area contributed by atoms with Crippen molar-refractivity contribution >= 4 is 28.2 Å². The molecule has 2 amide bonds. The van der Waals surface area contributed by atoms with Gasteiger partial charge in [0.25, 0.3) is 11.8 Å². The zero-order chi connectivity index (χ0) is 20.4. The van der Waals surface area contributed by atoms with Crippen LogP contribution in [0.25, 0.3) is 0 Å². The summed E-state index contributed by atoms with van der Waals surface area (Å²) < 4.78 is 0. The number of amides is 2. The fourth-order valence-electron chi connectivity index (χ4n) is 4.64. The largest absolute Gasteiger partial charge is 0.339 e. The number of thiophene rings is 1. The van der Waals surface area contributed by atoms with E-state index in [0.29, 0.717) is 17.5 Å². The minimum Gasteiger partial charge on any atom is -0.339 e. The van der Waals surface area contributed by atoms with Gasteiger partial charge in [-0.3, -0.25) is 9.59 Å². The lowest BCUT2D eigenvalue weighted by molar-refractivity contribution is 0.0696. The molecule has 154 valence electrons. The van der Waals surface area contributed by atoms with Crippen molar-refractivity contribution in [3.05, 3.63) is 51.9 Å². The third-order valence-corrected chi connectivity index (χ3v) is 7.60. The SMILES string of the molecule is C[C@@H]1CCc2c(sc(NC(=O)c3ccccc3)c2C(=O)N(C)C2CCCCC2)C1. The first kappa shape index (κ1) is 20.1. The third-order valence-electron chi connectivity index (χ3n) is 6.43. The molecule has 1 saturated carbocycles. The van der Waals surface area contributed by atoms with Crippen LogP contribution in [0.3, 0.4) is 0 Å². The number of carbonyl (C=O) groups is 2. The van der Waals surface area contributed by atoms with E-state index in [-0.39, 0.29) is 11.8 Å². The fraction of sp³-hybridized carbons (Fsp3) is 0.500. The smallest absolute Gasteiger partial charge is 0.257 e. The summed E-state index contributed by atoms with van der Waals surface area (Å²) in [4.78, 5) is 29.6. The summed E-state index contributed by atoms with van der Waals surface area (Å²) in [5, 5.41) is 3.80. The Morgan fingerprint density at radius 2 is 1.79 bits per heavy atom. The third kappa shape index (κ3) is 4.25. The van der Waals surface area contributed by atoms with Gasteiger partial charge in [0.2, 0.25) is 0 Å². The Balaban J connectivity index is 1.65. The highest BCUT2D eigenvalue weighted by atomic mass is 32.1. The molecular formula is C24H30N2O2S. The Hall–Kier alpha value is -2.14. The van der Waals surface area contributed by atoms with Crippen LogP contribution in [0.4, 0.5) is 5.00 Å². The molecule has 2 aliphatic carbocycles. The number of benzene rings is 1. The maximum atomic E-state index is 13.6. The van der Waals surface area contributed by atoms with Gasteiger partial charge < -0.3 is 10.2 Å². The van der Waals surface area contributed by atoms with Crippen molar-refractivity contribution in [2.75, 3.05) is 12.4 Å². The van der Waals surface area contributed by atoms with Gasteiger partial charge in [-0.05, 0) is 55.7 Å². The lowest BCUT2D eigenvalue weighted by Crippen LogP contribution is -2.39. The standard InChI is InChI=1S/C24H30N2O2S/c1-16-13-14-19-20(15-16)29-23(25-22(27)17-9-5-3-6-10-17)21(19)24(28)26(2)18-11-7-4-8-12-18/h3,5-6,9-10,16,18H,4,7-8,11-15H2,1-2H3,(H,25,27)/t16-/m1/s1. The molecule has 2 aliphatic rings. The topological polar surface area (TPSA) is 49.4 Å². The van der Waals surface area contributed by atoms with Gasteiger partial charge >= 0.3 is 0 Å². The Labute approximate surface area is 177 Å². The van der Waals surface area contributed by atoms with Crippen LogP contribution in [0, 0.1) is 5.92 Å². The summed E-state index contributed by atoms with van der Waals surface area (Å²) in [5.74, 6) is 0.553. The van der Waals surface area contributed by atoms with Crippen LogP contribution in [0.1, 0.15) is 76.6 Å². The molecule has 0 bridgehead atoms. The molecule has 2 aromatic rings. The number of nitrogens with zero attached hydrogens (tertiary/aromatic N) is 1. The van der Waals surface area contributed by atoms with E-state index in [4.69, 9.17) is 0 Å². The Morgan fingerprint density at radius 1 is 1.07 bits per heavy atom. The van der Waals surface area contributed by atoms with Crippen molar-refractivity contribution in [1.82, 2.24) is 4.90 Å². The van der Waals surface area contributed by atoms with Gasteiger partial charge in [-0.15, -0.1) is 11.3 Å². The van der Waals surface area contributed by atoms with E-state index in [1.54, 1.807) is 23.5 Å². The average Bonchev–Trinajstić information content (AvgIpc) is 3.10. The highest BCUT2D eigenvalue weighted by Gasteiger charge is 2.32. The van der Waals surface area contributed by atoms with E-state index in [0.717, 1.165) is 42.7 Å². The van der Waals surface area contributed by atoms with E-state index in [1.165, 1.54) is 29.7 Å². The first-order valence-electron chi connectivity index (χ1n) is 10.8. The number of hydrogen-bond donors (Lipinski definition) is 1. The molecule has 1 aromatic carbocycles. The van der Waals surface area contributed by atoms with Crippen LogP contribution in [-0.4, -0.2) is 29.8 Å². The first-order valence-corrected chi connectivity index (χ1v) is 11.6. The van der Waals surface area contributed by atoms with Crippen molar-refractivity contribution in [2.45, 2.75) is 64.3 Å². The molecule has 0 radical (unpaired) electrons. The highest BCUT2D eigenvalue weighted by Crippen LogP contribution is 2.41. The summed E-state index contributed by atoms with van der Waals surface area (Å²) in [6.07, 6.45) is 8.83. The molecule has 0 unspecified atom stereocenters. The molecule has 29 heavy (non-hydrogen) atoms. The molecule has 1 heterocycles.